The van der Waals surface area contributed by atoms with E-state index in [1.807, 2.05) is 6.20 Å². The van der Waals surface area contributed by atoms with Gasteiger partial charge in [0.25, 0.3) is 0 Å². The van der Waals surface area contributed by atoms with Gasteiger partial charge in [-0.25, -0.2) is 9.98 Å². The van der Waals surface area contributed by atoms with Crippen molar-refractivity contribution in [1.82, 2.24) is 15.2 Å². The number of nitrogens with zero attached hydrogens (tertiary/aromatic N) is 4. The summed E-state index contributed by atoms with van der Waals surface area (Å²) in [7, 11) is 0. The van der Waals surface area contributed by atoms with Crippen molar-refractivity contribution in [2.45, 2.75) is 46.8 Å². The van der Waals surface area contributed by atoms with Crippen molar-refractivity contribution < 1.29 is 4.74 Å². The zero-order valence-electron chi connectivity index (χ0n) is 17.3. The van der Waals surface area contributed by atoms with Gasteiger partial charge < -0.3 is 19.9 Å². The average molecular weight is 374 g/mol. The second-order valence-electron chi connectivity index (χ2n) is 8.17. The number of morpholine rings is 1. The number of hydrogen-bond acceptors (Lipinski definition) is 4. The van der Waals surface area contributed by atoms with Crippen LogP contribution in [0.1, 0.15) is 39.7 Å². The Morgan fingerprint density at radius 1 is 1.26 bits per heavy atom. The van der Waals surface area contributed by atoms with Gasteiger partial charge in [0.05, 0.1) is 19.3 Å². The molecular weight excluding hydrogens is 338 g/mol. The van der Waals surface area contributed by atoms with Crippen molar-refractivity contribution >= 4 is 11.8 Å². The van der Waals surface area contributed by atoms with E-state index in [9.17, 15) is 0 Å². The molecule has 6 heteroatoms. The molecular formula is C21H35N5O. The fourth-order valence-electron chi connectivity index (χ4n) is 4.19. The number of ether oxygens (including phenoxy) is 1. The summed E-state index contributed by atoms with van der Waals surface area (Å²) < 4.78 is 5.64. The molecule has 1 aromatic rings. The van der Waals surface area contributed by atoms with Crippen LogP contribution in [0.2, 0.25) is 0 Å². The normalized spacial score (nSPS) is 27.0. The summed E-state index contributed by atoms with van der Waals surface area (Å²) in [4.78, 5) is 14.2. The first-order chi connectivity index (χ1) is 13.0. The number of rotatable bonds is 4. The maximum absolute atomic E-state index is 5.64. The van der Waals surface area contributed by atoms with Gasteiger partial charge in [-0.1, -0.05) is 13.8 Å². The first kappa shape index (κ1) is 19.9. The number of pyridine rings is 1. The van der Waals surface area contributed by atoms with Crippen LogP contribution in [0.3, 0.4) is 0 Å². The summed E-state index contributed by atoms with van der Waals surface area (Å²) in [5, 5.41) is 3.48. The van der Waals surface area contributed by atoms with Crippen LogP contribution in [0, 0.1) is 11.8 Å². The molecule has 3 heterocycles. The van der Waals surface area contributed by atoms with Gasteiger partial charge in [0.15, 0.2) is 5.96 Å². The monoisotopic (exact) mass is 373 g/mol. The second kappa shape index (κ2) is 9.40. The van der Waals surface area contributed by atoms with Gasteiger partial charge in [0, 0.05) is 38.9 Å². The van der Waals surface area contributed by atoms with Crippen molar-refractivity contribution in [3.8, 4) is 0 Å². The number of likely N-dealkylation sites (tertiary alicyclic amines) is 1. The Kier molecular flexibility index (Phi) is 6.94. The Labute approximate surface area is 164 Å². The Morgan fingerprint density at radius 2 is 2.04 bits per heavy atom. The molecule has 27 heavy (non-hydrogen) atoms. The molecule has 0 aromatic carbocycles. The summed E-state index contributed by atoms with van der Waals surface area (Å²) >= 11 is 0. The molecule has 3 unspecified atom stereocenters. The van der Waals surface area contributed by atoms with Crippen LogP contribution in [0.4, 0.5) is 5.82 Å². The van der Waals surface area contributed by atoms with E-state index in [0.29, 0.717) is 18.4 Å². The minimum Gasteiger partial charge on any atom is -0.375 e. The predicted octanol–water partition coefficient (Wildman–Crippen LogP) is 2.75. The average Bonchev–Trinajstić information content (AvgIpc) is 2.64. The van der Waals surface area contributed by atoms with Crippen molar-refractivity contribution in [1.29, 1.82) is 0 Å². The van der Waals surface area contributed by atoms with Crippen LogP contribution >= 0.6 is 0 Å². The fraction of sp³-hybridized carbons (Fsp3) is 0.714. The van der Waals surface area contributed by atoms with Gasteiger partial charge in [-0.2, -0.15) is 0 Å². The maximum Gasteiger partial charge on any atom is 0.194 e. The molecule has 2 aliphatic heterocycles. The zero-order chi connectivity index (χ0) is 19.2. The Balaban J connectivity index is 1.69. The van der Waals surface area contributed by atoms with Crippen molar-refractivity contribution in [2.75, 3.05) is 44.2 Å². The van der Waals surface area contributed by atoms with Crippen LogP contribution in [0.15, 0.2) is 23.3 Å². The number of aliphatic imine (C=N–C) groups is 1. The van der Waals surface area contributed by atoms with Crippen molar-refractivity contribution in [3.63, 3.8) is 0 Å². The molecule has 1 aromatic heterocycles. The molecule has 0 radical (unpaired) electrons. The first-order valence-electron chi connectivity index (χ1n) is 10.4. The molecule has 0 saturated carbocycles. The number of hydrogen-bond donors (Lipinski definition) is 1. The number of piperidine rings is 1. The lowest BCUT2D eigenvalue weighted by molar-refractivity contribution is 0.0529. The molecule has 0 amide bonds. The molecule has 6 nitrogen and oxygen atoms in total. The molecule has 3 atom stereocenters. The number of aromatic nitrogens is 1. The van der Waals surface area contributed by atoms with Gasteiger partial charge in [-0.05, 0) is 49.8 Å². The molecule has 0 spiro atoms. The minimum absolute atomic E-state index is 0.255. The van der Waals surface area contributed by atoms with E-state index in [1.165, 1.54) is 12.0 Å². The van der Waals surface area contributed by atoms with E-state index in [0.717, 1.165) is 51.1 Å². The topological polar surface area (TPSA) is 53.0 Å². The molecule has 150 valence electrons. The van der Waals surface area contributed by atoms with Crippen LogP contribution in [0.5, 0.6) is 0 Å². The van der Waals surface area contributed by atoms with Gasteiger partial charge in [-0.15, -0.1) is 0 Å². The third-order valence-electron chi connectivity index (χ3n) is 5.29. The molecule has 3 rings (SSSR count). The minimum atomic E-state index is 0.255. The fourth-order valence-corrected chi connectivity index (χ4v) is 4.19. The lowest BCUT2D eigenvalue weighted by Gasteiger charge is -2.37. The van der Waals surface area contributed by atoms with Crippen molar-refractivity contribution in [2.24, 2.45) is 16.8 Å². The molecule has 2 saturated heterocycles. The Bertz CT molecular complexity index is 625. The third kappa shape index (κ3) is 5.58. The lowest BCUT2D eigenvalue weighted by Crippen LogP contribution is -2.48. The van der Waals surface area contributed by atoms with Gasteiger partial charge in [0.1, 0.15) is 5.82 Å². The van der Waals surface area contributed by atoms with Gasteiger partial charge in [0.2, 0.25) is 0 Å². The highest BCUT2D eigenvalue weighted by atomic mass is 16.5. The van der Waals surface area contributed by atoms with Crippen LogP contribution in [0.25, 0.3) is 0 Å². The quantitative estimate of drug-likeness (QED) is 0.650. The summed E-state index contributed by atoms with van der Waals surface area (Å²) in [5.74, 6) is 3.50. The van der Waals surface area contributed by atoms with E-state index >= 15 is 0 Å². The van der Waals surface area contributed by atoms with E-state index < -0.39 is 0 Å². The number of guanidine groups is 1. The molecule has 2 fully saturated rings. The van der Waals surface area contributed by atoms with Gasteiger partial charge >= 0.3 is 0 Å². The molecule has 2 aliphatic rings. The van der Waals surface area contributed by atoms with Crippen LogP contribution in [-0.2, 0) is 11.3 Å². The smallest absolute Gasteiger partial charge is 0.194 e. The predicted molar refractivity (Wildman–Crippen MR) is 111 cm³/mol. The highest BCUT2D eigenvalue weighted by Gasteiger charge is 2.24. The highest BCUT2D eigenvalue weighted by molar-refractivity contribution is 5.80. The Morgan fingerprint density at radius 3 is 2.74 bits per heavy atom. The summed E-state index contributed by atoms with van der Waals surface area (Å²) in [6.45, 7) is 15.2. The van der Waals surface area contributed by atoms with E-state index in [1.54, 1.807) is 0 Å². The molecule has 1 N–H and O–H groups in total. The summed E-state index contributed by atoms with van der Waals surface area (Å²) in [6, 6.07) is 4.24. The molecule has 0 aliphatic carbocycles. The van der Waals surface area contributed by atoms with Gasteiger partial charge in [-0.3, -0.25) is 0 Å². The summed E-state index contributed by atoms with van der Waals surface area (Å²) in [6.07, 6.45) is 3.46. The zero-order valence-corrected chi connectivity index (χ0v) is 17.3. The lowest BCUT2D eigenvalue weighted by atomic mass is 9.92. The second-order valence-corrected chi connectivity index (χ2v) is 8.17. The Hall–Kier alpha value is -1.82. The van der Waals surface area contributed by atoms with Crippen molar-refractivity contribution in [3.05, 3.63) is 23.9 Å². The van der Waals surface area contributed by atoms with E-state index in [-0.39, 0.29) is 6.10 Å². The molecule has 0 bridgehead atoms. The third-order valence-corrected chi connectivity index (χ3v) is 5.29. The standard InChI is InChI=1S/C21H35N5O/c1-5-22-21(26-13-16(2)10-17(3)14-26)24-12-19-6-7-23-20(11-19)25-8-9-27-18(4)15-25/h6-7,11,16-18H,5,8-10,12-15H2,1-4H3,(H,22,24). The maximum atomic E-state index is 5.64. The first-order valence-corrected chi connectivity index (χ1v) is 10.4. The number of nitrogens with one attached hydrogen (secondary N) is 1. The van der Waals surface area contributed by atoms with Crippen LogP contribution < -0.4 is 10.2 Å². The van der Waals surface area contributed by atoms with Crippen LogP contribution in [-0.4, -0.2) is 61.3 Å². The van der Waals surface area contributed by atoms with E-state index in [4.69, 9.17) is 9.73 Å². The largest absolute Gasteiger partial charge is 0.375 e. The number of anilines is 1. The van der Waals surface area contributed by atoms with E-state index in [2.05, 4.69) is 59.9 Å². The highest BCUT2D eigenvalue weighted by Crippen LogP contribution is 2.21. The summed E-state index contributed by atoms with van der Waals surface area (Å²) in [5.41, 5.74) is 1.20. The SMILES string of the molecule is CCNC(=NCc1ccnc(N2CCOC(C)C2)c1)N1CC(C)CC(C)C1.